The number of benzene rings is 2. The van der Waals surface area contributed by atoms with Crippen LogP contribution in [-0.2, 0) is 54.1 Å². The summed E-state index contributed by atoms with van der Waals surface area (Å²) in [5.41, 5.74) is 0.879. The fourth-order valence-corrected chi connectivity index (χ4v) is 8.07. The van der Waals surface area contributed by atoms with Gasteiger partial charge in [0.2, 0.25) is 12.0 Å². The Morgan fingerprint density at radius 1 is 0.909 bits per heavy atom. The first kappa shape index (κ1) is 51.6. The lowest BCUT2D eigenvalue weighted by molar-refractivity contribution is -0.190. The predicted octanol–water partition coefficient (Wildman–Crippen LogP) is 7.22. The Kier molecular flexibility index (Phi) is 18.3. The zero-order valence-corrected chi connectivity index (χ0v) is 39.5. The van der Waals surface area contributed by atoms with Crippen molar-refractivity contribution >= 4 is 41.8 Å². The van der Waals surface area contributed by atoms with Crippen molar-refractivity contribution in [2.24, 2.45) is 5.41 Å². The van der Waals surface area contributed by atoms with Crippen LogP contribution in [-0.4, -0.2) is 95.9 Å². The van der Waals surface area contributed by atoms with E-state index in [1.54, 1.807) is 89.2 Å². The fourth-order valence-electron chi connectivity index (χ4n) is 8.07. The van der Waals surface area contributed by atoms with Crippen LogP contribution in [0, 0.1) is 5.41 Å². The maximum atomic E-state index is 13.9. The van der Waals surface area contributed by atoms with Crippen LogP contribution in [0.4, 0.5) is 0 Å². The molecule has 66 heavy (non-hydrogen) atoms. The van der Waals surface area contributed by atoms with E-state index in [4.69, 9.17) is 28.4 Å². The fraction of sp³-hybridized carbons (Fsp3) is 0.569. The van der Waals surface area contributed by atoms with Gasteiger partial charge in [-0.2, -0.15) is 0 Å². The molecule has 2 aromatic carbocycles. The minimum absolute atomic E-state index is 0.0241. The van der Waals surface area contributed by atoms with Crippen molar-refractivity contribution in [1.29, 1.82) is 0 Å². The number of carbonyl (C=O) groups excluding carboxylic acids is 6. The van der Waals surface area contributed by atoms with Gasteiger partial charge in [-0.1, -0.05) is 77.6 Å². The average Bonchev–Trinajstić information content (AvgIpc) is 3.77. The molecule has 5 atom stereocenters. The van der Waals surface area contributed by atoms with E-state index in [9.17, 15) is 33.9 Å². The summed E-state index contributed by atoms with van der Waals surface area (Å²) in [4.78, 5) is 77.7. The molecule has 0 aromatic heterocycles. The van der Waals surface area contributed by atoms with Crippen molar-refractivity contribution in [3.8, 4) is 0 Å². The zero-order chi connectivity index (χ0) is 48.1. The molecule has 0 radical (unpaired) electrons. The van der Waals surface area contributed by atoms with Crippen LogP contribution < -0.4 is 10.6 Å². The van der Waals surface area contributed by atoms with E-state index in [-0.39, 0.29) is 44.6 Å². The molecule has 2 amide bonds. The molecule has 2 fully saturated rings. The van der Waals surface area contributed by atoms with Gasteiger partial charge in [0, 0.05) is 54.9 Å². The highest BCUT2D eigenvalue weighted by Gasteiger charge is 2.52. The minimum atomic E-state index is -1.00. The molecule has 5 unspecified atom stereocenters. The number of cyclic esters (lactones) is 1. The number of carbonyl (C=O) groups is 6. The van der Waals surface area contributed by atoms with Crippen LogP contribution in [0.15, 0.2) is 66.3 Å². The molecule has 2 saturated heterocycles. The van der Waals surface area contributed by atoms with Crippen LogP contribution in [0.25, 0.3) is 6.08 Å². The Balaban J connectivity index is 1.26. The van der Waals surface area contributed by atoms with Crippen LogP contribution >= 0.6 is 0 Å². The van der Waals surface area contributed by atoms with Crippen LogP contribution in [0.1, 0.15) is 151 Å². The summed E-state index contributed by atoms with van der Waals surface area (Å²) in [6, 6.07) is 12.5. The number of fused-ring (bicyclic) bond motifs is 1. The summed E-state index contributed by atoms with van der Waals surface area (Å²) in [6.07, 6.45) is 8.70. The molecule has 5 rings (SSSR count). The average molecular weight is 917 g/mol. The maximum Gasteiger partial charge on any atom is 0.348 e. The molecule has 15 nitrogen and oxygen atoms in total. The first-order valence-electron chi connectivity index (χ1n) is 23.3. The van der Waals surface area contributed by atoms with Gasteiger partial charge < -0.3 is 44.2 Å². The molecule has 1 aliphatic carbocycles. The largest absolute Gasteiger partial charge is 0.462 e. The number of rotatable bonds is 22. The Morgan fingerprint density at radius 2 is 1.61 bits per heavy atom. The van der Waals surface area contributed by atoms with Gasteiger partial charge in [-0.3, -0.25) is 14.4 Å². The third-order valence-electron chi connectivity index (χ3n) is 11.7. The standard InChI is InChI=1S/C51H68N2O13/c1-8-10-12-25-51(26-13-11-9-2)64-40-29-37(45(57)52-30-34-15-14-16-36(27-34)46(58)53-38(31-54)22-24-42(56)65-49(3,4)5)28-39(43(40)66-51)62-47(59)35-20-17-33(18-21-35)19-23-41(55)63-44-48(60)61-32-50(44,6)7/h14-21,23,27,29,38-40,43-44,54H,8-13,22,24-26,28,30-32H2,1-7H3,(H,52,57)(H,53,58). The van der Waals surface area contributed by atoms with Gasteiger partial charge in [0.15, 0.2) is 5.79 Å². The topological polar surface area (TPSA) is 202 Å². The summed E-state index contributed by atoms with van der Waals surface area (Å²) in [5.74, 6) is -4.08. The SMILES string of the molecule is CCCCCC1(CCCCC)OC2C=C(C(=O)NCc3cccc(C(=O)NC(CO)CCC(=O)OC(C)(C)C)c3)CC(OC(=O)c3ccc(C=CC(=O)OC4C(=O)OCC4(C)C)cc3)C2O1. The molecule has 3 aliphatic rings. The van der Waals surface area contributed by atoms with Crippen molar-refractivity contribution in [1.82, 2.24) is 10.6 Å². The van der Waals surface area contributed by atoms with Gasteiger partial charge in [-0.15, -0.1) is 0 Å². The molecule has 0 saturated carbocycles. The predicted molar refractivity (Wildman–Crippen MR) is 244 cm³/mol. The first-order valence-corrected chi connectivity index (χ1v) is 23.3. The summed E-state index contributed by atoms with van der Waals surface area (Å²) >= 11 is 0. The number of nitrogens with one attached hydrogen (secondary N) is 2. The first-order chi connectivity index (χ1) is 31.3. The minimum Gasteiger partial charge on any atom is -0.462 e. The molecule has 0 spiro atoms. The highest BCUT2D eigenvalue weighted by molar-refractivity contribution is 5.96. The molecule has 3 N–H and O–H groups in total. The molecule has 15 heteroatoms. The van der Waals surface area contributed by atoms with E-state index in [1.807, 2.05) is 0 Å². The van der Waals surface area contributed by atoms with Crippen molar-refractivity contribution in [3.63, 3.8) is 0 Å². The van der Waals surface area contributed by atoms with Crippen molar-refractivity contribution in [2.45, 2.75) is 167 Å². The number of aliphatic hydroxyl groups is 1. The second kappa shape index (κ2) is 23.4. The Hall–Kier alpha value is -5.38. The Bertz CT molecular complexity index is 2080. The van der Waals surface area contributed by atoms with E-state index in [2.05, 4.69) is 24.5 Å². The smallest absolute Gasteiger partial charge is 0.348 e. The van der Waals surface area contributed by atoms with E-state index in [0.29, 0.717) is 35.1 Å². The molecule has 2 aliphatic heterocycles. The van der Waals surface area contributed by atoms with Gasteiger partial charge in [0.05, 0.1) is 18.2 Å². The van der Waals surface area contributed by atoms with E-state index >= 15 is 0 Å². The van der Waals surface area contributed by atoms with E-state index in [1.165, 1.54) is 12.2 Å². The highest BCUT2D eigenvalue weighted by Crippen LogP contribution is 2.43. The lowest BCUT2D eigenvalue weighted by Crippen LogP contribution is -2.43. The number of hydrogen-bond acceptors (Lipinski definition) is 13. The number of aliphatic hydroxyl groups excluding tert-OH is 1. The lowest BCUT2D eigenvalue weighted by Gasteiger charge is -2.31. The highest BCUT2D eigenvalue weighted by atomic mass is 16.8. The van der Waals surface area contributed by atoms with Crippen LogP contribution in [0.2, 0.25) is 0 Å². The second-order valence-electron chi connectivity index (χ2n) is 19.1. The Morgan fingerprint density at radius 3 is 2.23 bits per heavy atom. The lowest BCUT2D eigenvalue weighted by atomic mass is 9.90. The van der Waals surface area contributed by atoms with Gasteiger partial charge in [-0.25, -0.2) is 14.4 Å². The van der Waals surface area contributed by atoms with Gasteiger partial charge in [0.1, 0.15) is 30.5 Å². The molecule has 360 valence electrons. The molecule has 2 aromatic rings. The van der Waals surface area contributed by atoms with Crippen molar-refractivity contribution < 1.29 is 62.3 Å². The Labute approximate surface area is 388 Å². The summed E-state index contributed by atoms with van der Waals surface area (Å²) in [5, 5.41) is 15.6. The number of hydrogen-bond donors (Lipinski definition) is 3. The van der Waals surface area contributed by atoms with E-state index < -0.39 is 83.0 Å². The normalized spacial score (nSPS) is 21.3. The zero-order valence-electron chi connectivity index (χ0n) is 39.5. The van der Waals surface area contributed by atoms with E-state index in [0.717, 1.165) is 38.5 Å². The molecular weight excluding hydrogens is 849 g/mol. The second-order valence-corrected chi connectivity index (χ2v) is 19.1. The van der Waals surface area contributed by atoms with Crippen molar-refractivity contribution in [2.75, 3.05) is 13.2 Å². The van der Waals surface area contributed by atoms with Crippen LogP contribution in [0.3, 0.4) is 0 Å². The van der Waals surface area contributed by atoms with Gasteiger partial charge in [0.25, 0.3) is 5.91 Å². The monoisotopic (exact) mass is 916 g/mol. The molecule has 0 bridgehead atoms. The van der Waals surface area contributed by atoms with Crippen LogP contribution in [0.5, 0.6) is 0 Å². The molecular formula is C51H68N2O13. The third-order valence-corrected chi connectivity index (χ3v) is 11.7. The molecule has 2 heterocycles. The summed E-state index contributed by atoms with van der Waals surface area (Å²) in [6.45, 7) is 13.0. The quantitative estimate of drug-likeness (QED) is 0.0463. The summed E-state index contributed by atoms with van der Waals surface area (Å²) < 4.78 is 35.4. The maximum absolute atomic E-state index is 13.9. The number of ether oxygens (including phenoxy) is 6. The number of esters is 4. The third kappa shape index (κ3) is 14.8. The van der Waals surface area contributed by atoms with Gasteiger partial charge >= 0.3 is 23.9 Å². The van der Waals surface area contributed by atoms with Crippen molar-refractivity contribution in [3.05, 3.63) is 88.5 Å². The van der Waals surface area contributed by atoms with Gasteiger partial charge in [-0.05, 0) is 87.6 Å². The number of unbranched alkanes of at least 4 members (excludes halogenated alkanes) is 4. The summed E-state index contributed by atoms with van der Waals surface area (Å²) in [7, 11) is 0. The number of amides is 2.